The molecule has 0 aliphatic carbocycles. The number of ether oxygens (including phenoxy) is 1. The standard InChI is InChI=1S/C21H26N4OS/c1-14-6-4-7-17(10-14)22-21-24-23-20(13-27-21)19-11-15(2)25(16(19)3)12-18-8-5-9-26-18/h4,6-7,10-11,18H,5,8-9,12-13H2,1-3H3,(H,22,24)/t18-/m1/s1. The molecule has 1 aromatic carbocycles. The number of aromatic nitrogens is 1. The number of amidine groups is 1. The van der Waals surface area contributed by atoms with Gasteiger partial charge < -0.3 is 9.30 Å². The highest BCUT2D eigenvalue weighted by atomic mass is 32.2. The molecule has 5 nitrogen and oxygen atoms in total. The summed E-state index contributed by atoms with van der Waals surface area (Å²) in [5.41, 5.74) is 10.1. The van der Waals surface area contributed by atoms with Crippen LogP contribution in [-0.2, 0) is 11.3 Å². The summed E-state index contributed by atoms with van der Waals surface area (Å²) < 4.78 is 8.19. The Balaban J connectivity index is 1.50. The molecule has 1 fully saturated rings. The van der Waals surface area contributed by atoms with Crippen LogP contribution in [0.5, 0.6) is 0 Å². The second-order valence-electron chi connectivity index (χ2n) is 7.25. The van der Waals surface area contributed by atoms with Crippen molar-refractivity contribution in [3.8, 4) is 0 Å². The molecule has 0 saturated carbocycles. The zero-order valence-corrected chi connectivity index (χ0v) is 17.0. The Bertz CT molecular complexity index is 894. The lowest BCUT2D eigenvalue weighted by molar-refractivity contribution is 0.0962. The van der Waals surface area contributed by atoms with Crippen LogP contribution in [0.4, 0.5) is 5.69 Å². The molecule has 2 aromatic rings. The molecule has 0 bridgehead atoms. The van der Waals surface area contributed by atoms with Crippen LogP contribution in [0.1, 0.15) is 35.4 Å². The summed E-state index contributed by atoms with van der Waals surface area (Å²) in [5.74, 6) is 0.821. The average Bonchev–Trinajstić information content (AvgIpc) is 3.26. The number of rotatable bonds is 4. The minimum atomic E-state index is 0.344. The van der Waals surface area contributed by atoms with Gasteiger partial charge >= 0.3 is 0 Å². The molecule has 2 aliphatic rings. The molecular formula is C21H26N4OS. The Morgan fingerprint density at radius 2 is 2.19 bits per heavy atom. The predicted octanol–water partition coefficient (Wildman–Crippen LogP) is 4.32. The molecule has 27 heavy (non-hydrogen) atoms. The van der Waals surface area contributed by atoms with Crippen molar-refractivity contribution in [1.82, 2.24) is 9.99 Å². The van der Waals surface area contributed by atoms with Gasteiger partial charge in [-0.1, -0.05) is 23.9 Å². The van der Waals surface area contributed by atoms with Gasteiger partial charge in [-0.3, -0.25) is 5.43 Å². The van der Waals surface area contributed by atoms with Crippen molar-refractivity contribution in [2.24, 2.45) is 10.1 Å². The second-order valence-corrected chi connectivity index (χ2v) is 8.21. The van der Waals surface area contributed by atoms with Gasteiger partial charge in [0.05, 0.1) is 17.5 Å². The first-order chi connectivity index (χ1) is 13.1. The van der Waals surface area contributed by atoms with Gasteiger partial charge in [-0.05, 0) is 57.4 Å². The maximum absolute atomic E-state index is 5.82. The summed E-state index contributed by atoms with van der Waals surface area (Å²) in [6.07, 6.45) is 2.67. The van der Waals surface area contributed by atoms with Crippen molar-refractivity contribution in [1.29, 1.82) is 0 Å². The summed E-state index contributed by atoms with van der Waals surface area (Å²) >= 11 is 1.70. The lowest BCUT2D eigenvalue weighted by Gasteiger charge is -2.17. The first kappa shape index (κ1) is 18.3. The van der Waals surface area contributed by atoms with Crippen molar-refractivity contribution in [2.75, 3.05) is 12.4 Å². The van der Waals surface area contributed by atoms with E-state index in [9.17, 15) is 0 Å². The third kappa shape index (κ3) is 4.12. The van der Waals surface area contributed by atoms with Crippen molar-refractivity contribution < 1.29 is 4.74 Å². The monoisotopic (exact) mass is 382 g/mol. The molecule has 0 spiro atoms. The molecule has 2 aliphatic heterocycles. The van der Waals surface area contributed by atoms with Crippen LogP contribution in [0.25, 0.3) is 0 Å². The Hall–Kier alpha value is -2.05. The molecular weight excluding hydrogens is 356 g/mol. The first-order valence-electron chi connectivity index (χ1n) is 9.49. The van der Waals surface area contributed by atoms with Gasteiger partial charge in [0.25, 0.3) is 0 Å². The van der Waals surface area contributed by atoms with E-state index in [-0.39, 0.29) is 0 Å². The average molecular weight is 383 g/mol. The number of aliphatic imine (C=N–C) groups is 1. The summed E-state index contributed by atoms with van der Waals surface area (Å²) in [7, 11) is 0. The number of hydrogen-bond acceptors (Lipinski definition) is 4. The van der Waals surface area contributed by atoms with E-state index < -0.39 is 0 Å². The number of benzene rings is 1. The van der Waals surface area contributed by atoms with Crippen LogP contribution in [0.3, 0.4) is 0 Å². The number of nitrogens with one attached hydrogen (secondary N) is 1. The molecule has 3 heterocycles. The van der Waals surface area contributed by atoms with Crippen molar-refractivity contribution in [3.63, 3.8) is 0 Å². The molecule has 0 amide bonds. The normalized spacial score (nSPS) is 21.4. The Kier molecular flexibility index (Phi) is 5.36. The third-order valence-electron chi connectivity index (χ3n) is 5.16. The number of hydrogen-bond donors (Lipinski definition) is 1. The zero-order chi connectivity index (χ0) is 18.8. The Morgan fingerprint density at radius 1 is 1.30 bits per heavy atom. The van der Waals surface area contributed by atoms with E-state index in [1.165, 1.54) is 28.9 Å². The van der Waals surface area contributed by atoms with E-state index in [1.54, 1.807) is 11.8 Å². The van der Waals surface area contributed by atoms with Gasteiger partial charge in [-0.2, -0.15) is 5.10 Å². The minimum absolute atomic E-state index is 0.344. The van der Waals surface area contributed by atoms with Crippen LogP contribution < -0.4 is 5.43 Å². The molecule has 1 saturated heterocycles. The van der Waals surface area contributed by atoms with Crippen LogP contribution in [0.15, 0.2) is 40.4 Å². The molecule has 1 aromatic heterocycles. The topological polar surface area (TPSA) is 50.9 Å². The molecule has 1 N–H and O–H groups in total. The van der Waals surface area contributed by atoms with Crippen LogP contribution in [0, 0.1) is 20.8 Å². The number of aryl methyl sites for hydroxylation is 2. The van der Waals surface area contributed by atoms with Crippen molar-refractivity contribution in [3.05, 3.63) is 52.8 Å². The first-order valence-corrected chi connectivity index (χ1v) is 10.5. The maximum atomic E-state index is 5.82. The zero-order valence-electron chi connectivity index (χ0n) is 16.2. The predicted molar refractivity (Wildman–Crippen MR) is 113 cm³/mol. The fourth-order valence-electron chi connectivity index (χ4n) is 3.69. The molecule has 0 unspecified atom stereocenters. The molecule has 142 valence electrons. The van der Waals surface area contributed by atoms with Crippen molar-refractivity contribution in [2.45, 2.75) is 46.3 Å². The van der Waals surface area contributed by atoms with E-state index in [1.807, 2.05) is 12.1 Å². The Labute approximate surface area is 164 Å². The smallest absolute Gasteiger partial charge is 0.182 e. The lowest BCUT2D eigenvalue weighted by atomic mass is 10.1. The fourth-order valence-corrected chi connectivity index (χ4v) is 4.47. The number of hydrazone groups is 1. The fraction of sp³-hybridized carbons (Fsp3) is 0.429. The highest BCUT2D eigenvalue weighted by molar-refractivity contribution is 8.14. The van der Waals surface area contributed by atoms with Crippen LogP contribution in [0.2, 0.25) is 0 Å². The summed E-state index contributed by atoms with van der Waals surface area (Å²) in [4.78, 5) is 4.66. The van der Waals surface area contributed by atoms with E-state index in [4.69, 9.17) is 4.74 Å². The Morgan fingerprint density at radius 3 is 2.89 bits per heavy atom. The van der Waals surface area contributed by atoms with E-state index in [2.05, 4.69) is 59.1 Å². The quantitative estimate of drug-likeness (QED) is 0.857. The molecule has 6 heteroatoms. The lowest BCUT2D eigenvalue weighted by Crippen LogP contribution is -2.25. The highest BCUT2D eigenvalue weighted by Gasteiger charge is 2.22. The van der Waals surface area contributed by atoms with Gasteiger partial charge in [0.1, 0.15) is 0 Å². The van der Waals surface area contributed by atoms with E-state index in [0.717, 1.165) is 41.9 Å². The molecule has 0 radical (unpaired) electrons. The van der Waals surface area contributed by atoms with Crippen LogP contribution >= 0.6 is 11.8 Å². The molecule has 4 rings (SSSR count). The minimum Gasteiger partial charge on any atom is -0.376 e. The van der Waals surface area contributed by atoms with Gasteiger partial charge in [0, 0.05) is 35.9 Å². The molecule has 1 atom stereocenters. The van der Waals surface area contributed by atoms with Gasteiger partial charge in [0.15, 0.2) is 5.17 Å². The van der Waals surface area contributed by atoms with Crippen molar-refractivity contribution >= 4 is 28.3 Å². The number of thioether (sulfide) groups is 1. The second kappa shape index (κ2) is 7.90. The SMILES string of the molecule is Cc1cccc(N=C2NN=C(c3cc(C)n(C[C@H]4CCCO4)c3C)CS2)c1. The largest absolute Gasteiger partial charge is 0.376 e. The maximum Gasteiger partial charge on any atom is 0.182 e. The third-order valence-corrected chi connectivity index (χ3v) is 6.03. The summed E-state index contributed by atoms with van der Waals surface area (Å²) in [5, 5.41) is 5.46. The number of nitrogens with zero attached hydrogens (tertiary/aromatic N) is 3. The van der Waals surface area contributed by atoms with Gasteiger partial charge in [0.2, 0.25) is 0 Å². The van der Waals surface area contributed by atoms with E-state index >= 15 is 0 Å². The highest BCUT2D eigenvalue weighted by Crippen LogP contribution is 2.24. The van der Waals surface area contributed by atoms with Gasteiger partial charge in [-0.25, -0.2) is 4.99 Å². The van der Waals surface area contributed by atoms with E-state index in [0.29, 0.717) is 6.10 Å². The summed E-state index contributed by atoms with van der Waals surface area (Å²) in [6, 6.07) is 10.4. The summed E-state index contributed by atoms with van der Waals surface area (Å²) in [6.45, 7) is 8.26. The van der Waals surface area contributed by atoms with Crippen LogP contribution in [-0.4, -0.2) is 33.9 Å². The van der Waals surface area contributed by atoms with Gasteiger partial charge in [-0.15, -0.1) is 0 Å².